The molecular weight excluding hydrogens is 225 g/mol. The van der Waals surface area contributed by atoms with Crippen molar-refractivity contribution >= 4 is 5.97 Å². The van der Waals surface area contributed by atoms with Crippen LogP contribution in [0.5, 0.6) is 0 Å². The number of nitrogens with two attached hydrogens (primary N) is 1. The van der Waals surface area contributed by atoms with Crippen molar-refractivity contribution in [1.29, 1.82) is 0 Å². The van der Waals surface area contributed by atoms with Gasteiger partial charge in [-0.1, -0.05) is 0 Å². The van der Waals surface area contributed by atoms with Crippen LogP contribution in [0.2, 0.25) is 0 Å². The summed E-state index contributed by atoms with van der Waals surface area (Å²) in [7, 11) is 0. The first-order chi connectivity index (χ1) is 7.45. The Morgan fingerprint density at radius 2 is 2.19 bits per heavy atom. The molecule has 0 amide bonds. The molecule has 4 nitrogen and oxygen atoms in total. The van der Waals surface area contributed by atoms with E-state index in [1.54, 1.807) is 0 Å². The molecule has 0 aliphatic heterocycles. The van der Waals surface area contributed by atoms with Gasteiger partial charge in [0.15, 0.2) is 0 Å². The number of carboxylic acids is 1. The monoisotopic (exact) mass is 234 g/mol. The number of hydrogen-bond acceptors (Lipinski definition) is 3. The highest BCUT2D eigenvalue weighted by Gasteiger charge is 2.21. The molecule has 0 saturated carbocycles. The normalized spacial score (nSPS) is 10.8. The molecule has 0 aromatic carbocycles. The predicted octanol–water partition coefficient (Wildman–Crippen LogP) is 1.24. The number of aliphatic carboxylic acids is 1. The Morgan fingerprint density at radius 1 is 1.56 bits per heavy atom. The highest BCUT2D eigenvalue weighted by atomic mass is 19.3. The zero-order valence-electron chi connectivity index (χ0n) is 8.08. The Kier molecular flexibility index (Phi) is 3.83. The highest BCUT2D eigenvalue weighted by Crippen LogP contribution is 2.24. The van der Waals surface area contributed by atoms with Crippen LogP contribution in [0.3, 0.4) is 0 Å². The van der Waals surface area contributed by atoms with Gasteiger partial charge in [0.1, 0.15) is 5.69 Å². The van der Waals surface area contributed by atoms with E-state index in [2.05, 4.69) is 4.98 Å². The van der Waals surface area contributed by atoms with Crippen molar-refractivity contribution in [1.82, 2.24) is 4.98 Å². The molecule has 0 aliphatic rings. The van der Waals surface area contributed by atoms with Crippen LogP contribution < -0.4 is 5.73 Å². The van der Waals surface area contributed by atoms with Crippen molar-refractivity contribution in [3.8, 4) is 0 Å². The van der Waals surface area contributed by atoms with Crippen LogP contribution in [0, 0.1) is 5.95 Å². The molecule has 0 aliphatic carbocycles. The molecule has 0 atom stereocenters. The molecule has 0 bridgehead atoms. The second-order valence-electron chi connectivity index (χ2n) is 3.04. The topological polar surface area (TPSA) is 76.2 Å². The Hall–Kier alpha value is -1.63. The molecule has 88 valence electrons. The van der Waals surface area contributed by atoms with Gasteiger partial charge < -0.3 is 10.8 Å². The van der Waals surface area contributed by atoms with E-state index in [4.69, 9.17) is 10.8 Å². The lowest BCUT2D eigenvalue weighted by Gasteiger charge is -2.10. The average molecular weight is 234 g/mol. The number of alkyl halides is 2. The van der Waals surface area contributed by atoms with Crippen LogP contribution in [0.1, 0.15) is 23.2 Å². The van der Waals surface area contributed by atoms with Gasteiger partial charge in [0, 0.05) is 6.54 Å². The summed E-state index contributed by atoms with van der Waals surface area (Å²) in [6, 6.07) is 0.865. The number of hydrogen-bond donors (Lipinski definition) is 2. The van der Waals surface area contributed by atoms with E-state index >= 15 is 0 Å². The van der Waals surface area contributed by atoms with E-state index in [9.17, 15) is 18.0 Å². The SMILES string of the molecule is NCc1cc(F)nc(C(F)F)c1CC(=O)O. The Morgan fingerprint density at radius 3 is 2.62 bits per heavy atom. The van der Waals surface area contributed by atoms with Crippen LogP contribution in [0.15, 0.2) is 6.07 Å². The number of halogens is 3. The first kappa shape index (κ1) is 12.4. The minimum absolute atomic E-state index is 0.0326. The third kappa shape index (κ3) is 2.69. The van der Waals surface area contributed by atoms with Gasteiger partial charge in [-0.15, -0.1) is 0 Å². The van der Waals surface area contributed by atoms with Crippen LogP contribution in [0.4, 0.5) is 13.2 Å². The standard InChI is InChI=1S/C9H9F3N2O2/c10-6-1-4(3-13)5(2-7(15)16)8(14-6)9(11)12/h1,9H,2-3,13H2,(H,15,16). The second-order valence-corrected chi connectivity index (χ2v) is 3.04. The first-order valence-corrected chi connectivity index (χ1v) is 4.34. The molecule has 3 N–H and O–H groups in total. The maximum absolute atomic E-state index is 12.8. The molecule has 0 radical (unpaired) electrons. The summed E-state index contributed by atoms with van der Waals surface area (Å²) in [5.41, 5.74) is 4.19. The molecule has 0 unspecified atom stereocenters. The molecule has 1 aromatic rings. The van der Waals surface area contributed by atoms with Gasteiger partial charge in [0.2, 0.25) is 5.95 Å². The Labute approximate surface area is 88.9 Å². The second kappa shape index (κ2) is 4.93. The third-order valence-corrected chi connectivity index (χ3v) is 1.97. The zero-order valence-corrected chi connectivity index (χ0v) is 8.08. The largest absolute Gasteiger partial charge is 0.481 e. The molecule has 1 aromatic heterocycles. The fourth-order valence-corrected chi connectivity index (χ4v) is 1.33. The summed E-state index contributed by atoms with van der Waals surface area (Å²) in [4.78, 5) is 13.5. The molecule has 1 heterocycles. The van der Waals surface area contributed by atoms with E-state index in [0.717, 1.165) is 6.07 Å². The summed E-state index contributed by atoms with van der Waals surface area (Å²) < 4.78 is 37.9. The van der Waals surface area contributed by atoms with Crippen molar-refractivity contribution < 1.29 is 23.1 Å². The van der Waals surface area contributed by atoms with Gasteiger partial charge in [-0.25, -0.2) is 13.8 Å². The van der Waals surface area contributed by atoms with E-state index < -0.39 is 30.5 Å². The summed E-state index contributed by atoms with van der Waals surface area (Å²) in [5.74, 6) is -2.39. The summed E-state index contributed by atoms with van der Waals surface area (Å²) in [6.45, 7) is -0.220. The lowest BCUT2D eigenvalue weighted by atomic mass is 10.0. The highest BCUT2D eigenvalue weighted by molar-refractivity contribution is 5.71. The average Bonchev–Trinajstić information content (AvgIpc) is 2.19. The van der Waals surface area contributed by atoms with Crippen molar-refractivity contribution in [2.24, 2.45) is 5.73 Å². The molecule has 0 fully saturated rings. The van der Waals surface area contributed by atoms with E-state index in [1.807, 2.05) is 0 Å². The number of nitrogens with zero attached hydrogens (tertiary/aromatic N) is 1. The van der Waals surface area contributed by atoms with Gasteiger partial charge in [0.25, 0.3) is 6.43 Å². The predicted molar refractivity (Wildman–Crippen MR) is 48.4 cm³/mol. The van der Waals surface area contributed by atoms with Crippen LogP contribution in [-0.4, -0.2) is 16.1 Å². The summed E-state index contributed by atoms with van der Waals surface area (Å²) in [6.07, 6.45) is -3.69. The van der Waals surface area contributed by atoms with Crippen molar-refractivity contribution in [2.45, 2.75) is 19.4 Å². The quantitative estimate of drug-likeness (QED) is 0.768. The molecule has 1 rings (SSSR count). The number of aromatic nitrogens is 1. The number of carboxylic acid groups (broad SMARTS) is 1. The van der Waals surface area contributed by atoms with Crippen molar-refractivity contribution in [2.75, 3.05) is 0 Å². The molecule has 7 heteroatoms. The lowest BCUT2D eigenvalue weighted by molar-refractivity contribution is -0.136. The Bertz CT molecular complexity index is 410. The van der Waals surface area contributed by atoms with E-state index in [0.29, 0.717) is 0 Å². The third-order valence-electron chi connectivity index (χ3n) is 1.97. The Balaban J connectivity index is 3.32. The van der Waals surface area contributed by atoms with E-state index in [-0.39, 0.29) is 17.7 Å². The molecule has 16 heavy (non-hydrogen) atoms. The van der Waals surface area contributed by atoms with Crippen LogP contribution in [-0.2, 0) is 17.8 Å². The van der Waals surface area contributed by atoms with Crippen molar-refractivity contribution in [3.05, 3.63) is 28.8 Å². The fourth-order valence-electron chi connectivity index (χ4n) is 1.33. The zero-order chi connectivity index (χ0) is 12.3. The molecular formula is C9H9F3N2O2. The number of carbonyl (C=O) groups is 1. The first-order valence-electron chi connectivity index (χ1n) is 4.34. The number of rotatable bonds is 4. The number of pyridine rings is 1. The fraction of sp³-hybridized carbons (Fsp3) is 0.333. The smallest absolute Gasteiger partial charge is 0.307 e. The van der Waals surface area contributed by atoms with Crippen LogP contribution in [0.25, 0.3) is 0 Å². The van der Waals surface area contributed by atoms with Gasteiger partial charge in [-0.05, 0) is 17.2 Å². The minimum Gasteiger partial charge on any atom is -0.481 e. The van der Waals surface area contributed by atoms with Gasteiger partial charge >= 0.3 is 5.97 Å². The molecule has 0 saturated heterocycles. The van der Waals surface area contributed by atoms with Gasteiger partial charge in [-0.2, -0.15) is 4.39 Å². The van der Waals surface area contributed by atoms with Crippen molar-refractivity contribution in [3.63, 3.8) is 0 Å². The summed E-state index contributed by atoms with van der Waals surface area (Å²) >= 11 is 0. The lowest BCUT2D eigenvalue weighted by Crippen LogP contribution is -2.13. The molecule has 0 spiro atoms. The maximum atomic E-state index is 12.8. The van der Waals surface area contributed by atoms with Gasteiger partial charge in [0.05, 0.1) is 6.42 Å². The van der Waals surface area contributed by atoms with E-state index in [1.165, 1.54) is 0 Å². The van der Waals surface area contributed by atoms with Crippen LogP contribution >= 0.6 is 0 Å². The summed E-state index contributed by atoms with van der Waals surface area (Å²) in [5, 5.41) is 8.56. The minimum atomic E-state index is -3.03. The maximum Gasteiger partial charge on any atom is 0.307 e. The van der Waals surface area contributed by atoms with Gasteiger partial charge in [-0.3, -0.25) is 4.79 Å².